The summed E-state index contributed by atoms with van der Waals surface area (Å²) in [7, 11) is 0. The van der Waals surface area contributed by atoms with Crippen LogP contribution in [0, 0.1) is 11.7 Å². The van der Waals surface area contributed by atoms with Crippen LogP contribution < -0.4 is 5.32 Å². The van der Waals surface area contributed by atoms with Crippen LogP contribution in [-0.2, 0) is 16.1 Å². The molecular formula is C20H29FN2O4. The maximum Gasteiger partial charge on any atom is 0.328 e. The standard InChI is InChI=1S/C16H25FN2.C4H4O4/c1-13(2)11-19(16-7-9-18-10-8-16)12-14-3-5-15(17)6-4-14;5-3(6)1-2-4(7)8/h3-6,13,16,18H,7-12H2,1-2H3;1-2H,(H,5,6)(H,7,8)/b;2-1+. The molecule has 0 bridgehead atoms. The van der Waals surface area contributed by atoms with Gasteiger partial charge in [-0.1, -0.05) is 26.0 Å². The summed E-state index contributed by atoms with van der Waals surface area (Å²) in [6, 6.07) is 7.60. The molecule has 1 heterocycles. The minimum absolute atomic E-state index is 0.152. The summed E-state index contributed by atoms with van der Waals surface area (Å²) in [5, 5.41) is 19.0. The number of hydrogen-bond donors (Lipinski definition) is 3. The second kappa shape index (κ2) is 12.2. The molecule has 1 aliphatic rings. The first-order chi connectivity index (χ1) is 12.8. The van der Waals surface area contributed by atoms with Gasteiger partial charge >= 0.3 is 11.9 Å². The fourth-order valence-electron chi connectivity index (χ4n) is 2.95. The minimum atomic E-state index is -1.26. The molecule has 1 aromatic rings. The molecule has 0 spiro atoms. The number of carbonyl (C=O) groups is 2. The summed E-state index contributed by atoms with van der Waals surface area (Å²) in [4.78, 5) is 21.7. The number of hydrogen-bond acceptors (Lipinski definition) is 4. The van der Waals surface area contributed by atoms with Crippen molar-refractivity contribution in [2.24, 2.45) is 5.92 Å². The highest BCUT2D eigenvalue weighted by atomic mass is 19.1. The number of nitrogens with one attached hydrogen (secondary N) is 1. The van der Waals surface area contributed by atoms with Crippen molar-refractivity contribution in [1.29, 1.82) is 0 Å². The fourth-order valence-corrected chi connectivity index (χ4v) is 2.95. The lowest BCUT2D eigenvalue weighted by Gasteiger charge is -2.35. The highest BCUT2D eigenvalue weighted by molar-refractivity contribution is 5.89. The van der Waals surface area contributed by atoms with E-state index in [9.17, 15) is 14.0 Å². The van der Waals surface area contributed by atoms with Gasteiger partial charge in [-0.25, -0.2) is 14.0 Å². The van der Waals surface area contributed by atoms with Crippen LogP contribution in [0.4, 0.5) is 4.39 Å². The van der Waals surface area contributed by atoms with E-state index in [1.807, 2.05) is 12.1 Å². The van der Waals surface area contributed by atoms with E-state index in [-0.39, 0.29) is 5.82 Å². The Morgan fingerprint density at radius 3 is 2.11 bits per heavy atom. The van der Waals surface area contributed by atoms with Crippen molar-refractivity contribution in [2.75, 3.05) is 19.6 Å². The van der Waals surface area contributed by atoms with E-state index in [4.69, 9.17) is 10.2 Å². The van der Waals surface area contributed by atoms with Gasteiger partial charge in [0.15, 0.2) is 0 Å². The van der Waals surface area contributed by atoms with Gasteiger partial charge in [0.25, 0.3) is 0 Å². The van der Waals surface area contributed by atoms with Gasteiger partial charge in [0.05, 0.1) is 0 Å². The summed E-state index contributed by atoms with van der Waals surface area (Å²) >= 11 is 0. The number of benzene rings is 1. The molecule has 6 nitrogen and oxygen atoms in total. The Morgan fingerprint density at radius 1 is 1.15 bits per heavy atom. The van der Waals surface area contributed by atoms with Crippen LogP contribution in [0.1, 0.15) is 32.3 Å². The second-order valence-corrected chi connectivity index (χ2v) is 6.94. The lowest BCUT2D eigenvalue weighted by atomic mass is 10.0. The van der Waals surface area contributed by atoms with E-state index in [0.717, 1.165) is 26.2 Å². The van der Waals surface area contributed by atoms with E-state index < -0.39 is 11.9 Å². The first-order valence-electron chi connectivity index (χ1n) is 9.11. The zero-order valence-electron chi connectivity index (χ0n) is 15.9. The van der Waals surface area contributed by atoms with Crippen LogP contribution in [0.2, 0.25) is 0 Å². The molecule has 150 valence electrons. The Morgan fingerprint density at radius 2 is 1.67 bits per heavy atom. The molecule has 7 heteroatoms. The van der Waals surface area contributed by atoms with Gasteiger partial charge in [-0.15, -0.1) is 0 Å². The van der Waals surface area contributed by atoms with Crippen LogP contribution >= 0.6 is 0 Å². The molecule has 1 saturated heterocycles. The van der Waals surface area contributed by atoms with E-state index in [0.29, 0.717) is 24.1 Å². The quantitative estimate of drug-likeness (QED) is 0.630. The highest BCUT2D eigenvalue weighted by Gasteiger charge is 2.21. The van der Waals surface area contributed by atoms with Crippen LogP contribution in [0.25, 0.3) is 0 Å². The normalized spacial score (nSPS) is 15.0. The third-order valence-electron chi connectivity index (χ3n) is 4.09. The maximum absolute atomic E-state index is 13.0. The molecule has 3 N–H and O–H groups in total. The summed E-state index contributed by atoms with van der Waals surface area (Å²) in [5.74, 6) is -2.00. The van der Waals surface area contributed by atoms with Gasteiger partial charge < -0.3 is 15.5 Å². The number of aliphatic carboxylic acids is 2. The molecule has 0 amide bonds. The van der Waals surface area contributed by atoms with E-state index >= 15 is 0 Å². The van der Waals surface area contributed by atoms with E-state index in [1.165, 1.54) is 18.4 Å². The predicted molar refractivity (Wildman–Crippen MR) is 102 cm³/mol. The fraction of sp³-hybridized carbons (Fsp3) is 0.500. The van der Waals surface area contributed by atoms with Crippen molar-refractivity contribution in [1.82, 2.24) is 10.2 Å². The van der Waals surface area contributed by atoms with E-state index in [2.05, 4.69) is 24.1 Å². The van der Waals surface area contributed by atoms with Crippen molar-refractivity contribution in [3.63, 3.8) is 0 Å². The molecule has 0 radical (unpaired) electrons. The van der Waals surface area contributed by atoms with Gasteiger partial charge in [0.1, 0.15) is 5.82 Å². The van der Waals surface area contributed by atoms with Gasteiger partial charge in [0.2, 0.25) is 0 Å². The Bertz CT molecular complexity index is 595. The number of nitrogens with zero attached hydrogens (tertiary/aromatic N) is 1. The van der Waals surface area contributed by atoms with Crippen LogP contribution in [-0.4, -0.2) is 52.7 Å². The lowest BCUT2D eigenvalue weighted by Crippen LogP contribution is -2.44. The molecule has 0 saturated carbocycles. The first kappa shape index (κ1) is 22.8. The smallest absolute Gasteiger partial charge is 0.328 e. The van der Waals surface area contributed by atoms with Gasteiger partial charge in [0, 0.05) is 31.3 Å². The predicted octanol–water partition coefficient (Wildman–Crippen LogP) is 2.75. The Labute approximate surface area is 159 Å². The van der Waals surface area contributed by atoms with Crippen molar-refractivity contribution in [2.45, 2.75) is 39.3 Å². The maximum atomic E-state index is 13.0. The summed E-state index contributed by atoms with van der Waals surface area (Å²) in [5.41, 5.74) is 1.21. The van der Waals surface area contributed by atoms with Gasteiger partial charge in [-0.3, -0.25) is 4.90 Å². The monoisotopic (exact) mass is 380 g/mol. The lowest BCUT2D eigenvalue weighted by molar-refractivity contribution is -0.134. The van der Waals surface area contributed by atoms with Crippen molar-refractivity contribution < 1.29 is 24.2 Å². The first-order valence-corrected chi connectivity index (χ1v) is 9.11. The largest absolute Gasteiger partial charge is 0.478 e. The van der Waals surface area contributed by atoms with Crippen molar-refractivity contribution in [3.05, 3.63) is 47.8 Å². The Balaban J connectivity index is 0.000000387. The molecule has 27 heavy (non-hydrogen) atoms. The van der Waals surface area contributed by atoms with Crippen LogP contribution in [0.3, 0.4) is 0 Å². The second-order valence-electron chi connectivity index (χ2n) is 6.94. The average Bonchev–Trinajstić information content (AvgIpc) is 2.62. The Hall–Kier alpha value is -2.25. The van der Waals surface area contributed by atoms with E-state index in [1.54, 1.807) is 12.1 Å². The van der Waals surface area contributed by atoms with Gasteiger partial charge in [-0.05, 0) is 49.5 Å². The van der Waals surface area contributed by atoms with Crippen molar-refractivity contribution >= 4 is 11.9 Å². The van der Waals surface area contributed by atoms with Crippen molar-refractivity contribution in [3.8, 4) is 0 Å². The number of carboxylic acid groups (broad SMARTS) is 2. The molecule has 0 unspecified atom stereocenters. The zero-order valence-corrected chi connectivity index (χ0v) is 15.9. The zero-order chi connectivity index (χ0) is 20.2. The number of piperidine rings is 1. The summed E-state index contributed by atoms with van der Waals surface area (Å²) < 4.78 is 13.0. The number of rotatable bonds is 7. The number of halogens is 1. The topological polar surface area (TPSA) is 89.9 Å². The van der Waals surface area contributed by atoms with Gasteiger partial charge in [-0.2, -0.15) is 0 Å². The molecule has 0 atom stereocenters. The molecular weight excluding hydrogens is 351 g/mol. The third kappa shape index (κ3) is 10.5. The minimum Gasteiger partial charge on any atom is -0.478 e. The number of carboxylic acids is 2. The molecule has 1 aliphatic heterocycles. The highest BCUT2D eigenvalue weighted by Crippen LogP contribution is 2.17. The Kier molecular flexibility index (Phi) is 10.3. The molecule has 1 fully saturated rings. The molecule has 0 aliphatic carbocycles. The SMILES string of the molecule is CC(C)CN(Cc1ccc(F)cc1)C1CCNCC1.O=C(O)/C=C/C(=O)O. The summed E-state index contributed by atoms with van der Waals surface area (Å²) in [6.45, 7) is 8.80. The van der Waals surface area contributed by atoms with Crippen LogP contribution in [0.5, 0.6) is 0 Å². The summed E-state index contributed by atoms with van der Waals surface area (Å²) in [6.07, 6.45) is 3.55. The van der Waals surface area contributed by atoms with Crippen LogP contribution in [0.15, 0.2) is 36.4 Å². The molecule has 1 aromatic carbocycles. The molecule has 2 rings (SSSR count). The third-order valence-corrected chi connectivity index (χ3v) is 4.09. The average molecular weight is 380 g/mol. The molecule has 0 aromatic heterocycles.